The molecule has 2 heterocycles. The fourth-order valence-electron chi connectivity index (χ4n) is 3.97. The van der Waals surface area contributed by atoms with Gasteiger partial charge in [0.1, 0.15) is 16.4 Å². The van der Waals surface area contributed by atoms with Gasteiger partial charge in [0.05, 0.1) is 14.2 Å². The first kappa shape index (κ1) is 22.7. The molecule has 0 spiro atoms. The van der Waals surface area contributed by atoms with E-state index in [-0.39, 0.29) is 30.0 Å². The van der Waals surface area contributed by atoms with Crippen molar-refractivity contribution >= 4 is 10.0 Å². The Labute approximate surface area is 188 Å². The lowest BCUT2D eigenvalue weighted by Gasteiger charge is -2.38. The Morgan fingerprint density at radius 2 is 1.75 bits per heavy atom. The summed E-state index contributed by atoms with van der Waals surface area (Å²) in [6.07, 6.45) is 0. The number of piperazine rings is 1. The first-order valence-electron chi connectivity index (χ1n) is 10.4. The molecule has 2 aromatic rings. The highest BCUT2D eigenvalue weighted by molar-refractivity contribution is 7.89. The maximum atomic E-state index is 13.2. The highest BCUT2D eigenvalue weighted by atomic mass is 32.2. The number of sulfonamides is 1. The molecule has 9 nitrogen and oxygen atoms in total. The van der Waals surface area contributed by atoms with Gasteiger partial charge in [-0.1, -0.05) is 6.07 Å². The molecular formula is C22H29N3O6S. The number of hydrogen-bond acceptors (Lipinski definition) is 8. The van der Waals surface area contributed by atoms with Crippen molar-refractivity contribution in [2.45, 2.75) is 10.9 Å². The van der Waals surface area contributed by atoms with E-state index in [0.29, 0.717) is 17.2 Å². The number of hydrogen-bond donors (Lipinski definition) is 1. The third kappa shape index (κ3) is 4.78. The van der Waals surface area contributed by atoms with E-state index in [2.05, 4.69) is 21.6 Å². The molecule has 0 aliphatic carbocycles. The van der Waals surface area contributed by atoms with Crippen molar-refractivity contribution in [1.82, 2.24) is 14.5 Å². The van der Waals surface area contributed by atoms with E-state index in [0.717, 1.165) is 31.7 Å². The second-order valence-electron chi connectivity index (χ2n) is 7.84. The fraction of sp³-hybridized carbons (Fsp3) is 0.455. The quantitative estimate of drug-likeness (QED) is 0.633. The van der Waals surface area contributed by atoms with Crippen LogP contribution >= 0.6 is 0 Å². The minimum absolute atomic E-state index is 0.0437. The molecule has 2 aliphatic rings. The van der Waals surface area contributed by atoms with Crippen LogP contribution in [-0.2, 0) is 10.0 Å². The lowest BCUT2D eigenvalue weighted by molar-refractivity contribution is 0.112. The predicted molar refractivity (Wildman–Crippen MR) is 119 cm³/mol. The predicted octanol–water partition coefficient (Wildman–Crippen LogP) is 1.70. The number of likely N-dealkylation sites (N-methyl/N-ethyl adjacent to an activating group) is 1. The Hall–Kier alpha value is -2.53. The zero-order valence-electron chi connectivity index (χ0n) is 18.5. The van der Waals surface area contributed by atoms with Gasteiger partial charge in [-0.25, -0.2) is 13.1 Å². The van der Waals surface area contributed by atoms with Gasteiger partial charge in [-0.3, -0.25) is 4.90 Å². The molecule has 1 atom stereocenters. The van der Waals surface area contributed by atoms with E-state index in [1.807, 2.05) is 18.2 Å². The summed E-state index contributed by atoms with van der Waals surface area (Å²) in [6.45, 7) is 3.89. The molecule has 0 aromatic heterocycles. The first-order valence-corrected chi connectivity index (χ1v) is 11.9. The third-order valence-electron chi connectivity index (χ3n) is 5.89. The molecule has 0 saturated carbocycles. The summed E-state index contributed by atoms with van der Waals surface area (Å²) in [4.78, 5) is 4.60. The summed E-state index contributed by atoms with van der Waals surface area (Å²) in [5.74, 6) is 2.08. The molecule has 0 radical (unpaired) electrons. The minimum atomic E-state index is -3.85. The lowest BCUT2D eigenvalue weighted by Crippen LogP contribution is -2.48. The second-order valence-corrected chi connectivity index (χ2v) is 9.57. The molecule has 0 amide bonds. The van der Waals surface area contributed by atoms with Gasteiger partial charge in [-0.2, -0.15) is 0 Å². The minimum Gasteiger partial charge on any atom is -0.497 e. The number of methoxy groups -OCH3 is 2. The smallest absolute Gasteiger partial charge is 0.244 e. The molecule has 1 fully saturated rings. The van der Waals surface area contributed by atoms with Crippen molar-refractivity contribution in [3.8, 4) is 23.0 Å². The van der Waals surface area contributed by atoms with Crippen LogP contribution in [0.1, 0.15) is 11.6 Å². The largest absolute Gasteiger partial charge is 0.497 e. The number of nitrogens with zero attached hydrogens (tertiary/aromatic N) is 2. The average Bonchev–Trinajstić information content (AvgIpc) is 3.28. The summed E-state index contributed by atoms with van der Waals surface area (Å²) in [6, 6.07) is 10.3. The summed E-state index contributed by atoms with van der Waals surface area (Å²) in [5.41, 5.74) is 0.971. The van der Waals surface area contributed by atoms with Crippen LogP contribution in [0.2, 0.25) is 0 Å². The molecule has 4 rings (SSSR count). The SMILES string of the molecule is COc1ccc(OC)c(S(=O)(=O)NCC(c2ccc3c(c2)OCO3)N2CCN(C)CC2)c1. The van der Waals surface area contributed by atoms with Gasteiger partial charge in [0.25, 0.3) is 0 Å². The molecule has 1 unspecified atom stereocenters. The summed E-state index contributed by atoms with van der Waals surface area (Å²) in [5, 5.41) is 0. The van der Waals surface area contributed by atoms with E-state index in [4.69, 9.17) is 18.9 Å². The molecule has 1 N–H and O–H groups in total. The number of nitrogens with one attached hydrogen (secondary N) is 1. The van der Waals surface area contributed by atoms with E-state index >= 15 is 0 Å². The number of fused-ring (bicyclic) bond motifs is 1. The molecule has 1 saturated heterocycles. The first-order chi connectivity index (χ1) is 15.4. The molecular weight excluding hydrogens is 434 g/mol. The van der Waals surface area contributed by atoms with Crippen LogP contribution in [-0.4, -0.2) is 79.0 Å². The number of ether oxygens (including phenoxy) is 4. The standard InChI is InChI=1S/C22H29N3O6S/c1-24-8-10-25(11-9-24)18(16-4-6-19-21(12-16)31-15-30-19)14-23-32(26,27)22-13-17(28-2)5-7-20(22)29-3/h4-7,12-13,18,23H,8-11,14-15H2,1-3H3. The Bertz CT molecular complexity index is 1050. The number of benzene rings is 2. The van der Waals surface area contributed by atoms with Crippen molar-refractivity contribution in [3.05, 3.63) is 42.0 Å². The molecule has 0 bridgehead atoms. The van der Waals surface area contributed by atoms with Crippen molar-refractivity contribution in [2.24, 2.45) is 0 Å². The molecule has 32 heavy (non-hydrogen) atoms. The Balaban J connectivity index is 1.60. The maximum absolute atomic E-state index is 13.2. The number of rotatable bonds is 8. The van der Waals surface area contributed by atoms with Crippen molar-refractivity contribution in [2.75, 3.05) is 60.8 Å². The van der Waals surface area contributed by atoms with Crippen LogP contribution in [0.25, 0.3) is 0 Å². The van der Waals surface area contributed by atoms with E-state index < -0.39 is 10.0 Å². The van der Waals surface area contributed by atoms with Gasteiger partial charge in [0.15, 0.2) is 11.5 Å². The summed E-state index contributed by atoms with van der Waals surface area (Å²) < 4.78 is 50.7. The van der Waals surface area contributed by atoms with Gasteiger partial charge in [-0.05, 0) is 36.9 Å². The maximum Gasteiger partial charge on any atom is 0.244 e. The zero-order chi connectivity index (χ0) is 22.7. The molecule has 2 aromatic carbocycles. The van der Waals surface area contributed by atoms with Crippen LogP contribution in [0.3, 0.4) is 0 Å². The van der Waals surface area contributed by atoms with Crippen LogP contribution in [0, 0.1) is 0 Å². The Kier molecular flexibility index (Phi) is 6.75. The van der Waals surface area contributed by atoms with Gasteiger partial charge >= 0.3 is 0 Å². The van der Waals surface area contributed by atoms with Crippen LogP contribution in [0.5, 0.6) is 23.0 Å². The van der Waals surface area contributed by atoms with Crippen molar-refractivity contribution in [3.63, 3.8) is 0 Å². The van der Waals surface area contributed by atoms with E-state index in [1.54, 1.807) is 12.1 Å². The molecule has 174 valence electrons. The Morgan fingerprint density at radius 1 is 1.00 bits per heavy atom. The summed E-state index contributed by atoms with van der Waals surface area (Å²) >= 11 is 0. The van der Waals surface area contributed by atoms with Gasteiger partial charge in [-0.15, -0.1) is 0 Å². The van der Waals surface area contributed by atoms with Crippen molar-refractivity contribution < 1.29 is 27.4 Å². The average molecular weight is 464 g/mol. The normalized spacial score (nSPS) is 17.8. The topological polar surface area (TPSA) is 89.6 Å². The van der Waals surface area contributed by atoms with E-state index in [1.165, 1.54) is 20.3 Å². The van der Waals surface area contributed by atoms with E-state index in [9.17, 15) is 8.42 Å². The fourth-order valence-corrected chi connectivity index (χ4v) is 5.19. The molecule has 10 heteroatoms. The zero-order valence-corrected chi connectivity index (χ0v) is 19.4. The van der Waals surface area contributed by atoms with Crippen LogP contribution in [0.15, 0.2) is 41.3 Å². The highest BCUT2D eigenvalue weighted by Gasteiger charge is 2.28. The lowest BCUT2D eigenvalue weighted by atomic mass is 10.0. The molecule has 2 aliphatic heterocycles. The van der Waals surface area contributed by atoms with Gasteiger partial charge < -0.3 is 23.8 Å². The van der Waals surface area contributed by atoms with Gasteiger partial charge in [0.2, 0.25) is 16.8 Å². The second kappa shape index (κ2) is 9.53. The monoisotopic (exact) mass is 463 g/mol. The van der Waals surface area contributed by atoms with Crippen LogP contribution < -0.4 is 23.7 Å². The third-order valence-corrected chi connectivity index (χ3v) is 7.33. The van der Waals surface area contributed by atoms with Gasteiger partial charge in [0, 0.05) is 44.8 Å². The Morgan fingerprint density at radius 3 is 2.47 bits per heavy atom. The van der Waals surface area contributed by atoms with Crippen molar-refractivity contribution in [1.29, 1.82) is 0 Å². The highest BCUT2D eigenvalue weighted by Crippen LogP contribution is 2.36. The summed E-state index contributed by atoms with van der Waals surface area (Å²) in [7, 11) is 1.18. The van der Waals surface area contributed by atoms with Crippen LogP contribution in [0.4, 0.5) is 0 Å².